The van der Waals surface area contributed by atoms with E-state index in [0.29, 0.717) is 0 Å². The summed E-state index contributed by atoms with van der Waals surface area (Å²) in [6, 6.07) is 10.4. The Balaban J connectivity index is 1.93. The quantitative estimate of drug-likeness (QED) is 0.657. The SMILES string of the molecule is CCNC(=NCCc1csc(C)n1)N(C)Cc1ccccc1. The van der Waals surface area contributed by atoms with Gasteiger partial charge in [-0.15, -0.1) is 11.3 Å². The van der Waals surface area contributed by atoms with E-state index in [2.05, 4.69) is 58.8 Å². The van der Waals surface area contributed by atoms with Crippen LogP contribution in [0.4, 0.5) is 0 Å². The van der Waals surface area contributed by atoms with Crippen LogP contribution in [0.15, 0.2) is 40.7 Å². The Hall–Kier alpha value is -1.88. The smallest absolute Gasteiger partial charge is 0.193 e. The molecule has 2 rings (SSSR count). The standard InChI is InChI=1S/C17H24N4S/c1-4-18-17(19-11-10-16-13-22-14(2)20-16)21(3)12-15-8-6-5-7-9-15/h5-9,13H,4,10-12H2,1-3H3,(H,18,19). The zero-order valence-electron chi connectivity index (χ0n) is 13.5. The summed E-state index contributed by atoms with van der Waals surface area (Å²) in [6.45, 7) is 6.60. The predicted molar refractivity (Wildman–Crippen MR) is 94.4 cm³/mol. The number of benzene rings is 1. The van der Waals surface area contributed by atoms with Crippen LogP contribution in [0.3, 0.4) is 0 Å². The van der Waals surface area contributed by atoms with Gasteiger partial charge in [0.25, 0.3) is 0 Å². The molecule has 0 aliphatic rings. The number of thiazole rings is 1. The summed E-state index contributed by atoms with van der Waals surface area (Å²) in [7, 11) is 2.07. The molecule has 0 saturated carbocycles. The molecule has 4 nitrogen and oxygen atoms in total. The van der Waals surface area contributed by atoms with Gasteiger partial charge in [0.15, 0.2) is 5.96 Å². The van der Waals surface area contributed by atoms with E-state index in [-0.39, 0.29) is 0 Å². The van der Waals surface area contributed by atoms with Crippen molar-refractivity contribution < 1.29 is 0 Å². The van der Waals surface area contributed by atoms with E-state index >= 15 is 0 Å². The summed E-state index contributed by atoms with van der Waals surface area (Å²) in [5, 5.41) is 6.59. The second-order valence-corrected chi connectivity index (χ2v) is 6.25. The van der Waals surface area contributed by atoms with E-state index in [0.717, 1.165) is 42.7 Å². The lowest BCUT2D eigenvalue weighted by Gasteiger charge is -2.22. The van der Waals surface area contributed by atoms with Crippen molar-refractivity contribution in [1.82, 2.24) is 15.2 Å². The molecule has 1 heterocycles. The van der Waals surface area contributed by atoms with Crippen LogP contribution in [0.1, 0.15) is 23.2 Å². The third kappa shape index (κ3) is 5.15. The average molecular weight is 316 g/mol. The second kappa shape index (κ2) is 8.54. The Morgan fingerprint density at radius 2 is 2.09 bits per heavy atom. The molecular formula is C17H24N4S. The van der Waals surface area contributed by atoms with Gasteiger partial charge in [-0.1, -0.05) is 30.3 Å². The van der Waals surface area contributed by atoms with Crippen molar-refractivity contribution >= 4 is 17.3 Å². The molecule has 5 heteroatoms. The number of rotatable bonds is 6. The molecule has 1 aromatic carbocycles. The maximum absolute atomic E-state index is 4.71. The topological polar surface area (TPSA) is 40.5 Å². The van der Waals surface area contributed by atoms with Gasteiger partial charge in [0, 0.05) is 38.5 Å². The second-order valence-electron chi connectivity index (χ2n) is 5.19. The van der Waals surface area contributed by atoms with Crippen LogP contribution < -0.4 is 5.32 Å². The lowest BCUT2D eigenvalue weighted by atomic mass is 10.2. The van der Waals surface area contributed by atoms with Crippen molar-refractivity contribution in [2.24, 2.45) is 4.99 Å². The Morgan fingerprint density at radius 1 is 1.32 bits per heavy atom. The zero-order valence-corrected chi connectivity index (χ0v) is 14.4. The fraction of sp³-hybridized carbons (Fsp3) is 0.412. The molecule has 0 spiro atoms. The maximum Gasteiger partial charge on any atom is 0.193 e. The molecule has 0 bridgehead atoms. The first kappa shape index (κ1) is 16.5. The van der Waals surface area contributed by atoms with Gasteiger partial charge in [-0.05, 0) is 19.4 Å². The molecule has 0 radical (unpaired) electrons. The number of aryl methyl sites for hydroxylation is 1. The first-order valence-electron chi connectivity index (χ1n) is 7.63. The molecule has 0 amide bonds. The summed E-state index contributed by atoms with van der Waals surface area (Å²) in [5.41, 5.74) is 2.42. The highest BCUT2D eigenvalue weighted by Gasteiger charge is 2.06. The van der Waals surface area contributed by atoms with Gasteiger partial charge >= 0.3 is 0 Å². The third-order valence-electron chi connectivity index (χ3n) is 3.26. The van der Waals surface area contributed by atoms with Crippen molar-refractivity contribution in [3.63, 3.8) is 0 Å². The molecule has 1 aromatic heterocycles. The normalized spacial score (nSPS) is 11.5. The zero-order chi connectivity index (χ0) is 15.8. The van der Waals surface area contributed by atoms with Crippen LogP contribution >= 0.6 is 11.3 Å². The number of aliphatic imine (C=N–C) groups is 1. The molecule has 0 atom stereocenters. The lowest BCUT2D eigenvalue weighted by molar-refractivity contribution is 0.477. The Morgan fingerprint density at radius 3 is 2.73 bits per heavy atom. The summed E-state index contributed by atoms with van der Waals surface area (Å²) in [4.78, 5) is 11.3. The van der Waals surface area contributed by atoms with Crippen molar-refractivity contribution in [2.75, 3.05) is 20.1 Å². The van der Waals surface area contributed by atoms with Crippen molar-refractivity contribution in [3.8, 4) is 0 Å². The molecule has 0 unspecified atom stereocenters. The third-order valence-corrected chi connectivity index (χ3v) is 4.08. The lowest BCUT2D eigenvalue weighted by Crippen LogP contribution is -2.38. The van der Waals surface area contributed by atoms with Gasteiger partial charge in [-0.25, -0.2) is 4.98 Å². The largest absolute Gasteiger partial charge is 0.357 e. The average Bonchev–Trinajstić information content (AvgIpc) is 2.93. The number of hydrogen-bond donors (Lipinski definition) is 1. The summed E-state index contributed by atoms with van der Waals surface area (Å²) < 4.78 is 0. The van der Waals surface area contributed by atoms with E-state index in [1.807, 2.05) is 13.0 Å². The fourth-order valence-corrected chi connectivity index (χ4v) is 2.85. The van der Waals surface area contributed by atoms with Crippen molar-refractivity contribution in [1.29, 1.82) is 0 Å². The molecule has 0 fully saturated rings. The molecule has 0 saturated heterocycles. The minimum Gasteiger partial charge on any atom is -0.357 e. The van der Waals surface area contributed by atoms with Crippen LogP contribution in [0.5, 0.6) is 0 Å². The highest BCUT2D eigenvalue weighted by atomic mass is 32.1. The fourth-order valence-electron chi connectivity index (χ4n) is 2.20. The van der Waals surface area contributed by atoms with Crippen molar-refractivity contribution in [2.45, 2.75) is 26.8 Å². The number of aromatic nitrogens is 1. The Labute approximate surface area is 136 Å². The van der Waals surface area contributed by atoms with Gasteiger partial charge in [0.2, 0.25) is 0 Å². The van der Waals surface area contributed by atoms with E-state index in [1.165, 1.54) is 5.56 Å². The maximum atomic E-state index is 4.71. The molecule has 2 aromatic rings. The van der Waals surface area contributed by atoms with Crippen LogP contribution in [0, 0.1) is 6.92 Å². The number of hydrogen-bond acceptors (Lipinski definition) is 3. The summed E-state index contributed by atoms with van der Waals surface area (Å²) >= 11 is 1.70. The minimum absolute atomic E-state index is 0.755. The molecule has 1 N–H and O–H groups in total. The molecular weight excluding hydrogens is 292 g/mol. The monoisotopic (exact) mass is 316 g/mol. The van der Waals surface area contributed by atoms with Crippen LogP contribution in [0.25, 0.3) is 0 Å². The predicted octanol–water partition coefficient (Wildman–Crippen LogP) is 3.09. The van der Waals surface area contributed by atoms with Gasteiger partial charge in [0.05, 0.1) is 10.7 Å². The number of nitrogens with zero attached hydrogens (tertiary/aromatic N) is 3. The van der Waals surface area contributed by atoms with E-state index in [1.54, 1.807) is 11.3 Å². The Kier molecular flexibility index (Phi) is 6.40. The summed E-state index contributed by atoms with van der Waals surface area (Å²) in [6.07, 6.45) is 0.887. The van der Waals surface area contributed by atoms with Crippen LogP contribution in [-0.2, 0) is 13.0 Å². The number of nitrogens with one attached hydrogen (secondary N) is 1. The van der Waals surface area contributed by atoms with E-state index < -0.39 is 0 Å². The highest BCUT2D eigenvalue weighted by Crippen LogP contribution is 2.08. The first-order chi connectivity index (χ1) is 10.7. The Bertz CT molecular complexity index is 592. The van der Waals surface area contributed by atoms with Gasteiger partial charge in [0.1, 0.15) is 0 Å². The molecule has 22 heavy (non-hydrogen) atoms. The molecule has 0 aliphatic heterocycles. The highest BCUT2D eigenvalue weighted by molar-refractivity contribution is 7.09. The van der Waals surface area contributed by atoms with Gasteiger partial charge in [-0.2, -0.15) is 0 Å². The van der Waals surface area contributed by atoms with Crippen LogP contribution in [0.2, 0.25) is 0 Å². The first-order valence-corrected chi connectivity index (χ1v) is 8.51. The number of guanidine groups is 1. The summed E-state index contributed by atoms with van der Waals surface area (Å²) in [5.74, 6) is 0.943. The van der Waals surface area contributed by atoms with Crippen molar-refractivity contribution in [3.05, 3.63) is 52.0 Å². The van der Waals surface area contributed by atoms with Crippen LogP contribution in [-0.4, -0.2) is 36.0 Å². The van der Waals surface area contributed by atoms with E-state index in [4.69, 9.17) is 4.99 Å². The molecule has 0 aliphatic carbocycles. The van der Waals surface area contributed by atoms with Gasteiger partial charge in [-0.3, -0.25) is 4.99 Å². The van der Waals surface area contributed by atoms with Gasteiger partial charge < -0.3 is 10.2 Å². The van der Waals surface area contributed by atoms with E-state index in [9.17, 15) is 0 Å². The molecule has 118 valence electrons. The minimum atomic E-state index is 0.755.